The molecule has 0 aliphatic rings. The zero-order valence-corrected chi connectivity index (χ0v) is 12.5. The summed E-state index contributed by atoms with van der Waals surface area (Å²) in [5, 5.41) is 3.01. The lowest BCUT2D eigenvalue weighted by molar-refractivity contribution is -0.125. The molecule has 0 aromatic heterocycles. The highest BCUT2D eigenvalue weighted by atomic mass is 32.2. The molecule has 0 atom stereocenters. The third-order valence-corrected chi connectivity index (χ3v) is 4.46. The van der Waals surface area contributed by atoms with Crippen molar-refractivity contribution < 1.29 is 13.2 Å². The summed E-state index contributed by atoms with van der Waals surface area (Å²) in [6.45, 7) is 3.75. The van der Waals surface area contributed by atoms with E-state index in [2.05, 4.69) is 10.0 Å². The molecule has 112 valence electrons. The molecule has 0 heterocycles. The van der Waals surface area contributed by atoms with Gasteiger partial charge in [-0.15, -0.1) is 0 Å². The molecule has 0 unspecified atom stereocenters. The first-order valence-corrected chi connectivity index (χ1v) is 7.45. The van der Waals surface area contributed by atoms with E-state index in [9.17, 15) is 13.2 Å². The van der Waals surface area contributed by atoms with Crippen molar-refractivity contribution in [3.8, 4) is 0 Å². The van der Waals surface area contributed by atoms with Crippen molar-refractivity contribution in [1.29, 1.82) is 0 Å². The SMILES string of the molecule is CNS(=O)(=O)c1ccc(NCC(C)(C)C(N)=O)cc1N. The van der Waals surface area contributed by atoms with Gasteiger partial charge in [-0.25, -0.2) is 13.1 Å². The fourth-order valence-corrected chi connectivity index (χ4v) is 2.26. The van der Waals surface area contributed by atoms with E-state index in [0.29, 0.717) is 12.2 Å². The third kappa shape index (κ3) is 3.61. The first-order chi connectivity index (χ1) is 9.10. The molecule has 0 bridgehead atoms. The fraction of sp³-hybridized carbons (Fsp3) is 0.417. The van der Waals surface area contributed by atoms with E-state index in [0.717, 1.165) is 0 Å². The highest BCUT2D eigenvalue weighted by molar-refractivity contribution is 7.89. The highest BCUT2D eigenvalue weighted by Crippen LogP contribution is 2.23. The van der Waals surface area contributed by atoms with Crippen LogP contribution in [0.2, 0.25) is 0 Å². The molecule has 1 amide bonds. The minimum Gasteiger partial charge on any atom is -0.398 e. The van der Waals surface area contributed by atoms with Crippen molar-refractivity contribution in [2.75, 3.05) is 24.6 Å². The second-order valence-electron chi connectivity index (χ2n) is 5.06. The zero-order valence-electron chi connectivity index (χ0n) is 11.7. The van der Waals surface area contributed by atoms with Gasteiger partial charge in [-0.2, -0.15) is 0 Å². The van der Waals surface area contributed by atoms with E-state index in [1.165, 1.54) is 19.2 Å². The number of anilines is 2. The predicted octanol–water partition coefficient (Wildman–Crippen LogP) is 0.100. The quantitative estimate of drug-likeness (QED) is 0.554. The molecule has 0 radical (unpaired) electrons. The molecule has 1 aromatic rings. The third-order valence-electron chi connectivity index (χ3n) is 2.97. The Labute approximate surface area is 118 Å². The molecule has 0 spiro atoms. The van der Waals surface area contributed by atoms with E-state index in [1.807, 2.05) is 0 Å². The normalized spacial score (nSPS) is 12.2. The van der Waals surface area contributed by atoms with Gasteiger partial charge < -0.3 is 16.8 Å². The van der Waals surface area contributed by atoms with Crippen LogP contribution in [0.25, 0.3) is 0 Å². The van der Waals surface area contributed by atoms with Crippen LogP contribution < -0.4 is 21.5 Å². The first-order valence-electron chi connectivity index (χ1n) is 5.97. The van der Waals surface area contributed by atoms with Crippen LogP contribution in [-0.4, -0.2) is 27.9 Å². The summed E-state index contributed by atoms with van der Waals surface area (Å²) in [6, 6.07) is 4.49. The van der Waals surface area contributed by atoms with Gasteiger partial charge in [0.15, 0.2) is 0 Å². The number of nitrogens with one attached hydrogen (secondary N) is 2. The number of primary amides is 1. The minimum absolute atomic E-state index is 0.0136. The van der Waals surface area contributed by atoms with Crippen molar-refractivity contribution in [3.05, 3.63) is 18.2 Å². The van der Waals surface area contributed by atoms with Crippen LogP contribution in [0.5, 0.6) is 0 Å². The van der Waals surface area contributed by atoms with Crippen LogP contribution >= 0.6 is 0 Å². The van der Waals surface area contributed by atoms with Crippen LogP contribution in [0.1, 0.15) is 13.8 Å². The summed E-state index contributed by atoms with van der Waals surface area (Å²) in [6.07, 6.45) is 0. The molecule has 0 fully saturated rings. The Morgan fingerprint density at radius 3 is 2.40 bits per heavy atom. The molecule has 0 saturated heterocycles. The fourth-order valence-electron chi connectivity index (χ4n) is 1.42. The molecule has 0 aliphatic heterocycles. The monoisotopic (exact) mass is 300 g/mol. The summed E-state index contributed by atoms with van der Waals surface area (Å²) >= 11 is 0. The number of hydrogen-bond donors (Lipinski definition) is 4. The van der Waals surface area contributed by atoms with Crippen LogP contribution in [0.15, 0.2) is 23.1 Å². The van der Waals surface area contributed by atoms with Gasteiger partial charge in [0.25, 0.3) is 0 Å². The first kappa shape index (κ1) is 16.3. The Hall–Kier alpha value is -1.80. The van der Waals surface area contributed by atoms with Gasteiger partial charge in [0.05, 0.1) is 11.1 Å². The molecule has 1 aromatic carbocycles. The smallest absolute Gasteiger partial charge is 0.242 e. The topological polar surface area (TPSA) is 127 Å². The lowest BCUT2D eigenvalue weighted by Gasteiger charge is -2.21. The lowest BCUT2D eigenvalue weighted by Crippen LogP contribution is -2.37. The molecule has 0 aliphatic carbocycles. The summed E-state index contributed by atoms with van der Waals surface area (Å²) in [4.78, 5) is 11.2. The number of amides is 1. The Morgan fingerprint density at radius 1 is 1.35 bits per heavy atom. The zero-order chi connectivity index (χ0) is 15.6. The second-order valence-corrected chi connectivity index (χ2v) is 6.92. The van der Waals surface area contributed by atoms with Crippen molar-refractivity contribution in [1.82, 2.24) is 4.72 Å². The summed E-state index contributed by atoms with van der Waals surface area (Å²) in [7, 11) is -2.26. The Morgan fingerprint density at radius 2 is 1.95 bits per heavy atom. The number of benzene rings is 1. The summed E-state index contributed by atoms with van der Waals surface area (Å²) < 4.78 is 25.5. The second kappa shape index (κ2) is 5.68. The predicted molar refractivity (Wildman–Crippen MR) is 78.6 cm³/mol. The average Bonchev–Trinajstić information content (AvgIpc) is 2.36. The minimum atomic E-state index is -3.58. The van der Waals surface area contributed by atoms with Gasteiger partial charge >= 0.3 is 0 Å². The summed E-state index contributed by atoms with van der Waals surface area (Å²) in [5.74, 6) is -0.424. The van der Waals surface area contributed by atoms with Gasteiger partial charge in [-0.05, 0) is 39.1 Å². The van der Waals surface area contributed by atoms with Gasteiger partial charge in [0, 0.05) is 12.2 Å². The lowest BCUT2D eigenvalue weighted by atomic mass is 9.93. The van der Waals surface area contributed by atoms with Gasteiger partial charge in [-0.1, -0.05) is 0 Å². The molecule has 1 rings (SSSR count). The number of nitrogen functional groups attached to an aromatic ring is 1. The van der Waals surface area contributed by atoms with Gasteiger partial charge in [0.1, 0.15) is 4.90 Å². The average molecular weight is 300 g/mol. The van der Waals surface area contributed by atoms with E-state index >= 15 is 0 Å². The largest absolute Gasteiger partial charge is 0.398 e. The van der Waals surface area contributed by atoms with E-state index < -0.39 is 21.3 Å². The maximum absolute atomic E-state index is 11.7. The Kier molecular flexibility index (Phi) is 4.61. The van der Waals surface area contributed by atoms with Crippen LogP contribution in [0.3, 0.4) is 0 Å². The van der Waals surface area contributed by atoms with E-state index in [1.54, 1.807) is 19.9 Å². The maximum Gasteiger partial charge on any atom is 0.242 e. The van der Waals surface area contributed by atoms with Crippen molar-refractivity contribution >= 4 is 27.3 Å². The van der Waals surface area contributed by atoms with Gasteiger partial charge in [-0.3, -0.25) is 4.79 Å². The molecule has 20 heavy (non-hydrogen) atoms. The molecule has 0 saturated carbocycles. The number of hydrogen-bond acceptors (Lipinski definition) is 5. The Bertz CT molecular complexity index is 611. The van der Waals surface area contributed by atoms with Crippen molar-refractivity contribution in [2.45, 2.75) is 18.7 Å². The van der Waals surface area contributed by atoms with E-state index in [-0.39, 0.29) is 10.6 Å². The number of carbonyl (C=O) groups is 1. The Balaban J connectivity index is 2.92. The molecule has 8 heteroatoms. The number of sulfonamides is 1. The standard InChI is InChI=1S/C12H20N4O3S/c1-12(2,11(14)17)7-16-8-4-5-10(9(13)6-8)20(18,19)15-3/h4-6,15-16H,7,13H2,1-3H3,(H2,14,17). The van der Waals surface area contributed by atoms with Gasteiger partial charge in [0.2, 0.25) is 15.9 Å². The van der Waals surface area contributed by atoms with Crippen LogP contribution in [-0.2, 0) is 14.8 Å². The number of nitrogens with two attached hydrogens (primary N) is 2. The number of carbonyl (C=O) groups excluding carboxylic acids is 1. The van der Waals surface area contributed by atoms with Crippen LogP contribution in [0, 0.1) is 5.41 Å². The van der Waals surface area contributed by atoms with Crippen LogP contribution in [0.4, 0.5) is 11.4 Å². The molecular formula is C12H20N4O3S. The van der Waals surface area contributed by atoms with Crippen molar-refractivity contribution in [3.63, 3.8) is 0 Å². The van der Waals surface area contributed by atoms with Crippen molar-refractivity contribution in [2.24, 2.45) is 11.1 Å². The molecular weight excluding hydrogens is 280 g/mol. The molecule has 6 N–H and O–H groups in total. The maximum atomic E-state index is 11.7. The highest BCUT2D eigenvalue weighted by Gasteiger charge is 2.24. The molecule has 7 nitrogen and oxygen atoms in total. The number of rotatable bonds is 6. The summed E-state index contributed by atoms with van der Waals surface area (Å²) in [5.41, 5.74) is 11.0. The van der Waals surface area contributed by atoms with E-state index in [4.69, 9.17) is 11.5 Å².